The number of aryl methyl sites for hydroxylation is 2. The lowest BCUT2D eigenvalue weighted by Gasteiger charge is -2.05. The van der Waals surface area contributed by atoms with Crippen LogP contribution < -0.4 is 4.74 Å². The zero-order valence-corrected chi connectivity index (χ0v) is 12.2. The molecule has 3 rings (SSSR count). The van der Waals surface area contributed by atoms with Gasteiger partial charge in [0.25, 0.3) is 0 Å². The van der Waals surface area contributed by atoms with Crippen LogP contribution in [0.3, 0.4) is 0 Å². The molecule has 0 saturated carbocycles. The van der Waals surface area contributed by atoms with Crippen LogP contribution in [0.2, 0.25) is 0 Å². The standard InChI is InChI=1S/C13H14ClN5O/c1-8-10(7-18(2)17-8)19-11(6-14)15-9-4-5-12(20-3)16-13(9)19/h4-5,7H,6H2,1-3H3. The molecule has 3 aromatic heterocycles. The number of imidazole rings is 1. The van der Waals surface area contributed by atoms with Crippen molar-refractivity contribution in [3.63, 3.8) is 0 Å². The van der Waals surface area contributed by atoms with E-state index in [1.54, 1.807) is 17.9 Å². The van der Waals surface area contributed by atoms with Gasteiger partial charge in [0.05, 0.1) is 24.4 Å². The molecule has 0 aliphatic carbocycles. The SMILES string of the molecule is COc1ccc2nc(CCl)n(-c3cn(C)nc3C)c2n1. The lowest BCUT2D eigenvalue weighted by molar-refractivity contribution is 0.399. The number of hydrogen-bond acceptors (Lipinski definition) is 4. The molecule has 0 N–H and O–H groups in total. The monoisotopic (exact) mass is 291 g/mol. The predicted molar refractivity (Wildman–Crippen MR) is 76.5 cm³/mol. The second-order valence-electron chi connectivity index (χ2n) is 4.47. The molecule has 3 aromatic rings. The fourth-order valence-electron chi connectivity index (χ4n) is 2.25. The van der Waals surface area contributed by atoms with E-state index < -0.39 is 0 Å². The third-order valence-corrected chi connectivity index (χ3v) is 3.34. The smallest absolute Gasteiger partial charge is 0.215 e. The van der Waals surface area contributed by atoms with E-state index in [9.17, 15) is 0 Å². The van der Waals surface area contributed by atoms with Gasteiger partial charge in [-0.2, -0.15) is 10.1 Å². The van der Waals surface area contributed by atoms with Crippen LogP contribution in [-0.4, -0.2) is 31.4 Å². The van der Waals surface area contributed by atoms with Gasteiger partial charge in [0, 0.05) is 19.3 Å². The number of nitrogens with zero attached hydrogens (tertiary/aromatic N) is 5. The Morgan fingerprint density at radius 1 is 1.30 bits per heavy atom. The second-order valence-corrected chi connectivity index (χ2v) is 4.73. The maximum atomic E-state index is 6.02. The Morgan fingerprint density at radius 2 is 2.10 bits per heavy atom. The molecular weight excluding hydrogens is 278 g/mol. The van der Waals surface area contributed by atoms with Gasteiger partial charge in [0.15, 0.2) is 5.65 Å². The molecule has 0 atom stereocenters. The van der Waals surface area contributed by atoms with E-state index in [-0.39, 0.29) is 0 Å². The van der Waals surface area contributed by atoms with Crippen molar-refractivity contribution in [1.82, 2.24) is 24.3 Å². The Balaban J connectivity index is 2.34. The number of halogens is 1. The molecule has 0 saturated heterocycles. The van der Waals surface area contributed by atoms with E-state index in [1.807, 2.05) is 30.8 Å². The van der Waals surface area contributed by atoms with Crippen molar-refractivity contribution in [3.05, 3.63) is 29.8 Å². The van der Waals surface area contributed by atoms with Gasteiger partial charge in [0.1, 0.15) is 11.3 Å². The number of methoxy groups -OCH3 is 1. The molecule has 0 aliphatic heterocycles. The van der Waals surface area contributed by atoms with Gasteiger partial charge in [0.2, 0.25) is 5.88 Å². The van der Waals surface area contributed by atoms with Crippen molar-refractivity contribution in [1.29, 1.82) is 0 Å². The van der Waals surface area contributed by atoms with Gasteiger partial charge < -0.3 is 4.74 Å². The summed E-state index contributed by atoms with van der Waals surface area (Å²) in [5.74, 6) is 1.58. The first-order chi connectivity index (χ1) is 9.63. The van der Waals surface area contributed by atoms with E-state index in [2.05, 4.69) is 15.1 Å². The Morgan fingerprint density at radius 3 is 2.70 bits per heavy atom. The molecular formula is C13H14ClN5O. The van der Waals surface area contributed by atoms with Crippen molar-refractivity contribution in [3.8, 4) is 11.6 Å². The van der Waals surface area contributed by atoms with Crippen LogP contribution in [0, 0.1) is 6.92 Å². The third-order valence-electron chi connectivity index (χ3n) is 3.11. The minimum absolute atomic E-state index is 0.299. The fraction of sp³-hybridized carbons (Fsp3) is 0.308. The van der Waals surface area contributed by atoms with Gasteiger partial charge in [-0.05, 0) is 13.0 Å². The predicted octanol–water partition coefficient (Wildman–Crippen LogP) is 2.21. The largest absolute Gasteiger partial charge is 0.481 e. The number of pyridine rings is 1. The summed E-state index contributed by atoms with van der Waals surface area (Å²) in [6, 6.07) is 3.66. The minimum atomic E-state index is 0.299. The van der Waals surface area contributed by atoms with Crippen LogP contribution in [0.15, 0.2) is 18.3 Å². The summed E-state index contributed by atoms with van der Waals surface area (Å²) >= 11 is 6.02. The summed E-state index contributed by atoms with van der Waals surface area (Å²) < 4.78 is 8.87. The average Bonchev–Trinajstić information content (AvgIpc) is 2.96. The van der Waals surface area contributed by atoms with Crippen molar-refractivity contribution < 1.29 is 4.74 Å². The summed E-state index contributed by atoms with van der Waals surface area (Å²) in [5.41, 5.74) is 3.31. The number of hydrogen-bond donors (Lipinski definition) is 0. The van der Waals surface area contributed by atoms with Crippen LogP contribution in [-0.2, 0) is 12.9 Å². The second kappa shape index (κ2) is 4.79. The number of fused-ring (bicyclic) bond motifs is 1. The van der Waals surface area contributed by atoms with Crippen LogP contribution in [0.5, 0.6) is 5.88 Å². The van der Waals surface area contributed by atoms with Gasteiger partial charge in [-0.25, -0.2) is 4.98 Å². The zero-order chi connectivity index (χ0) is 14.3. The summed E-state index contributed by atoms with van der Waals surface area (Å²) in [6.07, 6.45) is 1.92. The summed E-state index contributed by atoms with van der Waals surface area (Å²) in [7, 11) is 3.47. The van der Waals surface area contributed by atoms with Crippen molar-refractivity contribution in [2.45, 2.75) is 12.8 Å². The topological polar surface area (TPSA) is 57.8 Å². The summed E-state index contributed by atoms with van der Waals surface area (Å²) in [6.45, 7) is 1.94. The summed E-state index contributed by atoms with van der Waals surface area (Å²) in [5, 5.41) is 4.36. The number of alkyl halides is 1. The molecule has 6 nitrogen and oxygen atoms in total. The quantitative estimate of drug-likeness (QED) is 0.694. The highest BCUT2D eigenvalue weighted by atomic mass is 35.5. The zero-order valence-electron chi connectivity index (χ0n) is 11.5. The molecule has 0 radical (unpaired) electrons. The first kappa shape index (κ1) is 12.9. The van der Waals surface area contributed by atoms with Crippen LogP contribution in [0.4, 0.5) is 0 Å². The van der Waals surface area contributed by atoms with E-state index in [1.165, 1.54) is 0 Å². The minimum Gasteiger partial charge on any atom is -0.481 e. The highest BCUT2D eigenvalue weighted by molar-refractivity contribution is 6.16. The first-order valence-electron chi connectivity index (χ1n) is 6.13. The normalized spacial score (nSPS) is 11.2. The third kappa shape index (κ3) is 1.92. The van der Waals surface area contributed by atoms with Gasteiger partial charge in [-0.1, -0.05) is 0 Å². The molecule has 3 heterocycles. The molecule has 20 heavy (non-hydrogen) atoms. The summed E-state index contributed by atoms with van der Waals surface area (Å²) in [4.78, 5) is 8.98. The van der Waals surface area contributed by atoms with E-state index in [4.69, 9.17) is 16.3 Å². The molecule has 0 spiro atoms. The van der Waals surface area contributed by atoms with E-state index in [0.717, 1.165) is 28.4 Å². The lowest BCUT2D eigenvalue weighted by Crippen LogP contribution is -2.01. The van der Waals surface area contributed by atoms with Crippen LogP contribution >= 0.6 is 11.6 Å². The number of ether oxygens (including phenoxy) is 1. The van der Waals surface area contributed by atoms with Crippen molar-refractivity contribution in [2.24, 2.45) is 7.05 Å². The highest BCUT2D eigenvalue weighted by Crippen LogP contribution is 2.24. The van der Waals surface area contributed by atoms with Gasteiger partial charge in [-0.15, -0.1) is 11.6 Å². The van der Waals surface area contributed by atoms with E-state index in [0.29, 0.717) is 11.8 Å². The molecule has 0 amide bonds. The molecule has 0 aliphatic rings. The van der Waals surface area contributed by atoms with Crippen molar-refractivity contribution >= 4 is 22.8 Å². The highest BCUT2D eigenvalue weighted by Gasteiger charge is 2.17. The Kier molecular flexibility index (Phi) is 3.10. The van der Waals surface area contributed by atoms with Gasteiger partial charge in [-0.3, -0.25) is 9.25 Å². The maximum absolute atomic E-state index is 6.02. The van der Waals surface area contributed by atoms with Gasteiger partial charge >= 0.3 is 0 Å². The molecule has 0 bridgehead atoms. The van der Waals surface area contributed by atoms with Crippen LogP contribution in [0.1, 0.15) is 11.5 Å². The molecule has 0 fully saturated rings. The number of rotatable bonds is 3. The molecule has 0 unspecified atom stereocenters. The Bertz CT molecular complexity index is 777. The maximum Gasteiger partial charge on any atom is 0.215 e. The molecule has 104 valence electrons. The number of aromatic nitrogens is 5. The average molecular weight is 292 g/mol. The van der Waals surface area contributed by atoms with Crippen molar-refractivity contribution in [2.75, 3.05) is 7.11 Å². The van der Waals surface area contributed by atoms with E-state index >= 15 is 0 Å². The fourth-order valence-corrected chi connectivity index (χ4v) is 2.43. The lowest BCUT2D eigenvalue weighted by atomic mass is 10.3. The molecule has 0 aromatic carbocycles. The Labute approximate surface area is 121 Å². The Hall–Kier alpha value is -2.08. The first-order valence-corrected chi connectivity index (χ1v) is 6.66. The van der Waals surface area contributed by atoms with Crippen LogP contribution in [0.25, 0.3) is 16.9 Å². The molecule has 7 heteroatoms.